The van der Waals surface area contributed by atoms with Gasteiger partial charge < -0.3 is 9.88 Å². The molecule has 130 valence electrons. The summed E-state index contributed by atoms with van der Waals surface area (Å²) in [5.74, 6) is -0.807. The summed E-state index contributed by atoms with van der Waals surface area (Å²) < 4.78 is 17.1. The summed E-state index contributed by atoms with van der Waals surface area (Å²) in [5, 5.41) is 2.60. The summed E-state index contributed by atoms with van der Waals surface area (Å²) >= 11 is 0. The van der Waals surface area contributed by atoms with Gasteiger partial charge in [0, 0.05) is 26.2 Å². The van der Waals surface area contributed by atoms with E-state index in [4.69, 9.17) is 0 Å². The fourth-order valence-corrected chi connectivity index (χ4v) is 2.56. The predicted molar refractivity (Wildman–Crippen MR) is 88.5 cm³/mol. The van der Waals surface area contributed by atoms with Crippen LogP contribution in [0.2, 0.25) is 0 Å². The molecule has 1 aromatic carbocycles. The van der Waals surface area contributed by atoms with E-state index in [1.54, 1.807) is 18.2 Å². The van der Waals surface area contributed by atoms with E-state index in [9.17, 15) is 18.8 Å². The Labute approximate surface area is 141 Å². The minimum absolute atomic E-state index is 0.0363. The normalized spacial score (nSPS) is 11.0. The molecule has 9 heteroatoms. The number of nitrogens with zero attached hydrogens (tertiary/aromatic N) is 4. The third kappa shape index (κ3) is 2.95. The molecule has 2 heterocycles. The molecular formula is C16H16FN5O3. The van der Waals surface area contributed by atoms with Crippen LogP contribution in [0, 0.1) is 5.82 Å². The largest absolute Gasteiger partial charge is 0.350 e. The van der Waals surface area contributed by atoms with E-state index < -0.39 is 23.0 Å². The minimum Gasteiger partial charge on any atom is -0.350 e. The number of hydrogen-bond donors (Lipinski definition) is 1. The number of aromatic nitrogens is 4. The maximum absolute atomic E-state index is 13.6. The molecule has 0 aliphatic carbocycles. The molecule has 0 fully saturated rings. The van der Waals surface area contributed by atoms with Gasteiger partial charge in [-0.25, -0.2) is 14.2 Å². The van der Waals surface area contributed by atoms with Crippen LogP contribution in [0.3, 0.4) is 0 Å². The van der Waals surface area contributed by atoms with E-state index >= 15 is 0 Å². The van der Waals surface area contributed by atoms with E-state index in [1.807, 2.05) is 0 Å². The first-order chi connectivity index (χ1) is 11.9. The average Bonchev–Trinajstić information content (AvgIpc) is 3.01. The van der Waals surface area contributed by atoms with Gasteiger partial charge in [0.25, 0.3) is 5.56 Å². The van der Waals surface area contributed by atoms with Crippen LogP contribution in [0.25, 0.3) is 11.2 Å². The lowest BCUT2D eigenvalue weighted by atomic mass is 10.2. The highest BCUT2D eigenvalue weighted by molar-refractivity contribution is 5.78. The molecule has 3 aromatic rings. The van der Waals surface area contributed by atoms with Crippen molar-refractivity contribution in [1.29, 1.82) is 0 Å². The first kappa shape index (κ1) is 16.6. The number of benzene rings is 1. The van der Waals surface area contributed by atoms with E-state index in [1.165, 1.54) is 35.6 Å². The van der Waals surface area contributed by atoms with Gasteiger partial charge in [-0.15, -0.1) is 0 Å². The van der Waals surface area contributed by atoms with Gasteiger partial charge in [0.05, 0.1) is 6.33 Å². The van der Waals surface area contributed by atoms with Crippen molar-refractivity contribution in [2.24, 2.45) is 14.1 Å². The van der Waals surface area contributed by atoms with Crippen molar-refractivity contribution in [3.05, 3.63) is 62.8 Å². The summed E-state index contributed by atoms with van der Waals surface area (Å²) in [7, 11) is 2.86. The molecule has 0 saturated heterocycles. The Bertz CT molecular complexity index is 1080. The first-order valence-corrected chi connectivity index (χ1v) is 7.51. The number of fused-ring (bicyclic) bond motifs is 1. The van der Waals surface area contributed by atoms with Gasteiger partial charge in [-0.3, -0.25) is 18.7 Å². The highest BCUT2D eigenvalue weighted by Gasteiger charge is 2.16. The Hall–Kier alpha value is -3.23. The van der Waals surface area contributed by atoms with Crippen LogP contribution < -0.4 is 16.6 Å². The number of rotatable bonds is 4. The van der Waals surface area contributed by atoms with Crippen LogP contribution in [0.4, 0.5) is 4.39 Å². The molecule has 1 amide bonds. The zero-order chi connectivity index (χ0) is 18.1. The third-order valence-corrected chi connectivity index (χ3v) is 3.96. The molecular weight excluding hydrogens is 329 g/mol. The summed E-state index contributed by atoms with van der Waals surface area (Å²) in [4.78, 5) is 40.4. The van der Waals surface area contributed by atoms with Gasteiger partial charge in [-0.2, -0.15) is 0 Å². The van der Waals surface area contributed by atoms with Crippen molar-refractivity contribution in [1.82, 2.24) is 24.0 Å². The third-order valence-electron chi connectivity index (χ3n) is 3.96. The number of carbonyl (C=O) groups is 1. The maximum atomic E-state index is 13.6. The van der Waals surface area contributed by atoms with Crippen LogP contribution in [0.5, 0.6) is 0 Å². The second kappa shape index (κ2) is 6.34. The molecule has 0 aliphatic rings. The quantitative estimate of drug-likeness (QED) is 0.714. The minimum atomic E-state index is -0.530. The standard InChI is InChI=1S/C16H16FN5O3/c1-20-14-13(15(24)21(2)16(20)25)22(9-19-14)8-12(23)18-7-10-5-3-4-6-11(10)17/h3-6,9H,7-8H2,1-2H3,(H,18,23). The zero-order valence-electron chi connectivity index (χ0n) is 13.7. The molecule has 25 heavy (non-hydrogen) atoms. The van der Waals surface area contributed by atoms with Gasteiger partial charge in [0.2, 0.25) is 5.91 Å². The number of halogens is 1. The monoisotopic (exact) mass is 345 g/mol. The van der Waals surface area contributed by atoms with E-state index in [-0.39, 0.29) is 24.3 Å². The van der Waals surface area contributed by atoms with Crippen LogP contribution in [-0.2, 0) is 32.0 Å². The molecule has 0 saturated carbocycles. The molecule has 3 rings (SSSR count). The van der Waals surface area contributed by atoms with Gasteiger partial charge in [-0.05, 0) is 6.07 Å². The van der Waals surface area contributed by atoms with E-state index in [0.717, 1.165) is 4.57 Å². The number of imidazole rings is 1. The molecule has 0 atom stereocenters. The van der Waals surface area contributed by atoms with Gasteiger partial charge >= 0.3 is 5.69 Å². The van der Waals surface area contributed by atoms with Crippen molar-refractivity contribution >= 4 is 17.1 Å². The molecule has 8 nitrogen and oxygen atoms in total. The number of carbonyl (C=O) groups excluding carboxylic acids is 1. The van der Waals surface area contributed by atoms with Gasteiger partial charge in [0.15, 0.2) is 11.2 Å². The lowest BCUT2D eigenvalue weighted by Crippen LogP contribution is -2.38. The molecule has 0 unspecified atom stereocenters. The zero-order valence-corrected chi connectivity index (χ0v) is 13.7. The molecule has 2 aromatic heterocycles. The smallest absolute Gasteiger partial charge is 0.332 e. The number of hydrogen-bond acceptors (Lipinski definition) is 4. The average molecular weight is 345 g/mol. The highest BCUT2D eigenvalue weighted by atomic mass is 19.1. The van der Waals surface area contributed by atoms with Crippen LogP contribution >= 0.6 is 0 Å². The van der Waals surface area contributed by atoms with Crippen LogP contribution in [0.15, 0.2) is 40.2 Å². The number of nitrogens with one attached hydrogen (secondary N) is 1. The Balaban J connectivity index is 1.84. The Morgan fingerprint density at radius 1 is 1.20 bits per heavy atom. The van der Waals surface area contributed by atoms with Gasteiger partial charge in [-0.1, -0.05) is 18.2 Å². The number of amides is 1. The summed E-state index contributed by atoms with van der Waals surface area (Å²) in [6.45, 7) is -0.132. The lowest BCUT2D eigenvalue weighted by Gasteiger charge is -2.08. The summed E-state index contributed by atoms with van der Waals surface area (Å²) in [6.07, 6.45) is 1.33. The van der Waals surface area contributed by atoms with Gasteiger partial charge in [0.1, 0.15) is 12.4 Å². The number of aryl methyl sites for hydroxylation is 1. The Kier molecular flexibility index (Phi) is 4.22. The maximum Gasteiger partial charge on any atom is 0.332 e. The first-order valence-electron chi connectivity index (χ1n) is 7.51. The van der Waals surface area contributed by atoms with Crippen molar-refractivity contribution in [3.63, 3.8) is 0 Å². The summed E-state index contributed by atoms with van der Waals surface area (Å²) in [5.41, 5.74) is -0.297. The lowest BCUT2D eigenvalue weighted by molar-refractivity contribution is -0.121. The van der Waals surface area contributed by atoms with E-state index in [0.29, 0.717) is 5.56 Å². The molecule has 0 bridgehead atoms. The fraction of sp³-hybridized carbons (Fsp3) is 0.250. The molecule has 1 N–H and O–H groups in total. The van der Waals surface area contributed by atoms with Crippen LogP contribution in [0.1, 0.15) is 5.56 Å². The van der Waals surface area contributed by atoms with Crippen molar-refractivity contribution in [3.8, 4) is 0 Å². The SMILES string of the molecule is Cn1c(=O)c2c(ncn2CC(=O)NCc2ccccc2F)n(C)c1=O. The van der Waals surface area contributed by atoms with Crippen molar-refractivity contribution in [2.45, 2.75) is 13.1 Å². The molecule has 0 aliphatic heterocycles. The van der Waals surface area contributed by atoms with Crippen molar-refractivity contribution < 1.29 is 9.18 Å². The highest BCUT2D eigenvalue weighted by Crippen LogP contribution is 2.07. The molecule has 0 radical (unpaired) electrons. The topological polar surface area (TPSA) is 90.9 Å². The van der Waals surface area contributed by atoms with Crippen molar-refractivity contribution in [2.75, 3.05) is 0 Å². The molecule has 0 spiro atoms. The predicted octanol–water partition coefficient (Wildman–Crippen LogP) is -0.111. The second-order valence-corrected chi connectivity index (χ2v) is 5.62. The Morgan fingerprint density at radius 2 is 1.92 bits per heavy atom. The van der Waals surface area contributed by atoms with Crippen LogP contribution in [-0.4, -0.2) is 24.6 Å². The fourth-order valence-electron chi connectivity index (χ4n) is 2.56. The van der Waals surface area contributed by atoms with E-state index in [2.05, 4.69) is 10.3 Å². The Morgan fingerprint density at radius 3 is 2.64 bits per heavy atom. The second-order valence-electron chi connectivity index (χ2n) is 5.62. The summed E-state index contributed by atoms with van der Waals surface area (Å²) in [6, 6.07) is 6.14.